The van der Waals surface area contributed by atoms with E-state index < -0.39 is 21.5 Å². The second-order valence-electron chi connectivity index (χ2n) is 14.9. The van der Waals surface area contributed by atoms with Gasteiger partial charge in [-0.2, -0.15) is 0 Å². The molecule has 298 valence electrons. The van der Waals surface area contributed by atoms with Gasteiger partial charge in [0.05, 0.1) is 32.3 Å². The Hall–Kier alpha value is -3.34. The normalized spacial score (nSPS) is 18.3. The van der Waals surface area contributed by atoms with E-state index in [4.69, 9.17) is 53.8 Å². The number of alkyl halides is 3. The zero-order chi connectivity index (χ0) is 38.8. The average Bonchev–Trinajstić information content (AvgIpc) is 3.98. The van der Waals surface area contributed by atoms with Crippen LogP contribution in [0.2, 0.25) is 0 Å². The summed E-state index contributed by atoms with van der Waals surface area (Å²) in [5.74, 6) is 2.26. The predicted molar refractivity (Wildman–Crippen MR) is 221 cm³/mol. The van der Waals surface area contributed by atoms with Crippen LogP contribution in [0.1, 0.15) is 60.9 Å². The van der Waals surface area contributed by atoms with Gasteiger partial charge in [0, 0.05) is 31.1 Å². The number of amides is 2. The summed E-state index contributed by atoms with van der Waals surface area (Å²) in [6.07, 6.45) is 2.37. The molecular formula is C42H51Cl4N3O6. The van der Waals surface area contributed by atoms with Crippen molar-refractivity contribution in [2.45, 2.75) is 87.8 Å². The van der Waals surface area contributed by atoms with Gasteiger partial charge < -0.3 is 29.2 Å². The predicted octanol–water partition coefficient (Wildman–Crippen LogP) is 8.82. The molecule has 0 radical (unpaired) electrons. The number of halogens is 4. The number of nitrogens with one attached hydrogen (secondary N) is 1. The molecule has 2 unspecified atom stereocenters. The van der Waals surface area contributed by atoms with Gasteiger partial charge in [-0.25, -0.2) is 4.79 Å². The Kier molecular flexibility index (Phi) is 13.9. The molecule has 1 saturated heterocycles. The number of hydrogen-bond acceptors (Lipinski definition) is 7. The molecule has 3 aliphatic rings. The molecule has 0 spiro atoms. The summed E-state index contributed by atoms with van der Waals surface area (Å²) in [4.78, 5) is 32.5. The Bertz CT molecular complexity index is 1860. The van der Waals surface area contributed by atoms with Crippen molar-refractivity contribution in [2.75, 3.05) is 40.0 Å². The maximum atomic E-state index is 14.9. The highest BCUT2D eigenvalue weighted by molar-refractivity contribution is 6.68. The molecule has 55 heavy (non-hydrogen) atoms. The van der Waals surface area contributed by atoms with Gasteiger partial charge in [0.15, 0.2) is 5.60 Å². The summed E-state index contributed by atoms with van der Waals surface area (Å²) in [5, 5.41) is 3.46. The molecule has 2 bridgehead atoms. The average molecular weight is 836 g/mol. The summed E-state index contributed by atoms with van der Waals surface area (Å²) in [5.41, 5.74) is 5.64. The number of carbonyl (C=O) groups is 2. The number of carbonyl (C=O) groups excluding carboxylic acids is 2. The van der Waals surface area contributed by atoms with Gasteiger partial charge in [0.1, 0.15) is 23.9 Å². The molecule has 0 aromatic heterocycles. The summed E-state index contributed by atoms with van der Waals surface area (Å²) >= 11 is 18.7. The molecule has 13 heteroatoms. The fourth-order valence-electron chi connectivity index (χ4n) is 7.16. The van der Waals surface area contributed by atoms with Gasteiger partial charge in [0.25, 0.3) is 5.91 Å². The van der Waals surface area contributed by atoms with E-state index in [9.17, 15) is 9.59 Å². The van der Waals surface area contributed by atoms with Gasteiger partial charge in [-0.3, -0.25) is 9.69 Å². The Morgan fingerprint density at radius 2 is 1.53 bits per heavy atom. The minimum atomic E-state index is -1.86. The molecule has 1 aliphatic carbocycles. The molecule has 6 rings (SSSR count). The van der Waals surface area contributed by atoms with Crippen LogP contribution in [0, 0.1) is 20.8 Å². The maximum Gasteiger partial charge on any atom is 0.411 e. The first-order valence-electron chi connectivity index (χ1n) is 18.6. The van der Waals surface area contributed by atoms with Crippen LogP contribution < -0.4 is 19.5 Å². The van der Waals surface area contributed by atoms with Gasteiger partial charge in [-0.05, 0) is 112 Å². The summed E-state index contributed by atoms with van der Waals surface area (Å²) in [7, 11) is 1.62. The summed E-state index contributed by atoms with van der Waals surface area (Å²) in [6.45, 7) is 11.5. The second kappa shape index (κ2) is 17.9. The molecule has 9 nitrogen and oxygen atoms in total. The van der Waals surface area contributed by atoms with Crippen molar-refractivity contribution in [3.8, 4) is 17.2 Å². The zero-order valence-electron chi connectivity index (χ0n) is 32.3. The van der Waals surface area contributed by atoms with Gasteiger partial charge in [-0.15, -0.1) is 12.4 Å². The highest BCUT2D eigenvalue weighted by Crippen LogP contribution is 2.43. The van der Waals surface area contributed by atoms with Crippen LogP contribution >= 0.6 is 47.2 Å². The lowest BCUT2D eigenvalue weighted by molar-refractivity contribution is -0.129. The van der Waals surface area contributed by atoms with Crippen molar-refractivity contribution in [1.29, 1.82) is 0 Å². The number of ether oxygens (including phenoxy) is 4. The van der Waals surface area contributed by atoms with E-state index in [1.165, 1.54) is 5.56 Å². The fourth-order valence-corrected chi connectivity index (χ4v) is 7.28. The lowest BCUT2D eigenvalue weighted by atomic mass is 9.81. The number of benzene rings is 3. The standard InChI is InChI=1S/C42H50Cl3N3O6.ClH/c1-26-7-8-27(2)38(28(26)3)53-21-19-29-9-11-30(12-10-29)35-23-32-24-46-25-36(48(32)40(50)54-41(4,5)42(43,44)45)37(35)39(49)47(31-13-14-31)20-22-52-34-17-15-33(51-6)16-18-34;/h7-12,15-18,31-32,36,46H,13-14,19-25H2,1-6H3;1H. The minimum absolute atomic E-state index is 0. The van der Waals surface area contributed by atoms with Crippen LogP contribution in [0.3, 0.4) is 0 Å². The number of aryl methyl sites for hydroxylation is 2. The van der Waals surface area contributed by atoms with Crippen LogP contribution in [-0.4, -0.2) is 89.3 Å². The first-order valence-corrected chi connectivity index (χ1v) is 19.7. The highest BCUT2D eigenvalue weighted by atomic mass is 35.6. The van der Waals surface area contributed by atoms with Crippen LogP contribution in [0.25, 0.3) is 5.57 Å². The van der Waals surface area contributed by atoms with Gasteiger partial charge >= 0.3 is 6.09 Å². The van der Waals surface area contributed by atoms with Crippen molar-refractivity contribution < 1.29 is 28.5 Å². The zero-order valence-corrected chi connectivity index (χ0v) is 35.3. The van der Waals surface area contributed by atoms with E-state index in [0.717, 1.165) is 58.6 Å². The highest BCUT2D eigenvalue weighted by Gasteiger charge is 2.50. The van der Waals surface area contributed by atoms with E-state index in [0.29, 0.717) is 50.6 Å². The quantitative estimate of drug-likeness (QED) is 0.172. The number of fused-ring (bicyclic) bond motifs is 2. The molecule has 3 aromatic carbocycles. The first-order chi connectivity index (χ1) is 25.7. The van der Waals surface area contributed by atoms with Crippen LogP contribution in [0.15, 0.2) is 66.2 Å². The molecular weight excluding hydrogens is 784 g/mol. The molecule has 2 atom stereocenters. The van der Waals surface area contributed by atoms with E-state index in [2.05, 4.69) is 62.5 Å². The van der Waals surface area contributed by atoms with Gasteiger partial charge in [0.2, 0.25) is 3.79 Å². The maximum absolute atomic E-state index is 14.9. The number of nitrogens with zero attached hydrogens (tertiary/aromatic N) is 2. The fraction of sp³-hybridized carbons (Fsp3) is 0.476. The van der Waals surface area contributed by atoms with Crippen molar-refractivity contribution in [3.05, 3.63) is 94.1 Å². The molecule has 3 aromatic rings. The van der Waals surface area contributed by atoms with E-state index in [-0.39, 0.29) is 30.4 Å². The molecule has 1 saturated carbocycles. The summed E-state index contributed by atoms with van der Waals surface area (Å²) in [6, 6.07) is 19.2. The monoisotopic (exact) mass is 833 g/mol. The van der Waals surface area contributed by atoms with E-state index in [1.54, 1.807) is 25.9 Å². The largest absolute Gasteiger partial charge is 0.497 e. The third-order valence-corrected chi connectivity index (χ3v) is 12.1. The van der Waals surface area contributed by atoms with Crippen molar-refractivity contribution in [2.24, 2.45) is 0 Å². The van der Waals surface area contributed by atoms with E-state index >= 15 is 0 Å². The molecule has 2 heterocycles. The van der Waals surface area contributed by atoms with Crippen LogP contribution in [-0.2, 0) is 16.0 Å². The second-order valence-corrected chi connectivity index (χ2v) is 17.2. The first kappa shape index (κ1) is 42.8. The molecule has 2 fully saturated rings. The van der Waals surface area contributed by atoms with E-state index in [1.807, 2.05) is 29.2 Å². The molecule has 1 N–H and O–H groups in total. The SMILES string of the molecule is COc1ccc(OCCN(C(=O)C2=C(c3ccc(CCOc4c(C)ccc(C)c4C)cc3)CC3CNCC2N3C(=O)OC(C)(C)C(Cl)(Cl)Cl)C2CC2)cc1.Cl. The number of rotatable bonds is 13. The number of methoxy groups -OCH3 is 1. The van der Waals surface area contributed by atoms with Crippen LogP contribution in [0.5, 0.6) is 17.2 Å². The smallest absolute Gasteiger partial charge is 0.411 e. The Morgan fingerprint density at radius 3 is 2.16 bits per heavy atom. The van der Waals surface area contributed by atoms with Crippen molar-refractivity contribution in [1.82, 2.24) is 15.1 Å². The lowest BCUT2D eigenvalue weighted by Gasteiger charge is -2.48. The molecule has 2 aliphatic heterocycles. The number of piperazine rings is 1. The lowest BCUT2D eigenvalue weighted by Crippen LogP contribution is -2.64. The van der Waals surface area contributed by atoms with Gasteiger partial charge in [-0.1, -0.05) is 71.2 Å². The Balaban J connectivity index is 0.00000580. The number of hydrogen-bond donors (Lipinski definition) is 1. The third-order valence-electron chi connectivity index (χ3n) is 10.7. The van der Waals surface area contributed by atoms with Crippen molar-refractivity contribution >= 4 is 64.8 Å². The summed E-state index contributed by atoms with van der Waals surface area (Å²) < 4.78 is 21.6. The Morgan fingerprint density at radius 1 is 0.873 bits per heavy atom. The minimum Gasteiger partial charge on any atom is -0.497 e. The topological polar surface area (TPSA) is 89.6 Å². The van der Waals surface area contributed by atoms with Crippen molar-refractivity contribution in [3.63, 3.8) is 0 Å². The van der Waals surface area contributed by atoms with Crippen LogP contribution in [0.4, 0.5) is 4.79 Å². The third kappa shape index (κ3) is 9.80. The Labute approximate surface area is 346 Å². The molecule has 2 amide bonds.